The van der Waals surface area contributed by atoms with Crippen LogP contribution >= 0.6 is 0 Å². The summed E-state index contributed by atoms with van der Waals surface area (Å²) in [6.07, 6.45) is 5.88. The standard InChI is InChI=1S/C19H29N3O5/c1-12-4-8-14(9-5-12)21(3)15(23)11-27-16(24)10-22-17(25)19(2,13-6-7-13)20-18(22)26/h12-14H,4-11H2,1-3H3,(H,20,26). The van der Waals surface area contributed by atoms with Gasteiger partial charge in [-0.2, -0.15) is 0 Å². The predicted molar refractivity (Wildman–Crippen MR) is 96.5 cm³/mol. The van der Waals surface area contributed by atoms with E-state index in [1.54, 1.807) is 18.9 Å². The molecule has 1 atom stereocenters. The normalized spacial score (nSPS) is 30.9. The first kappa shape index (κ1) is 19.6. The maximum atomic E-state index is 12.5. The molecule has 3 aliphatic rings. The number of hydrogen-bond donors (Lipinski definition) is 1. The second kappa shape index (κ2) is 7.48. The molecule has 0 spiro atoms. The van der Waals surface area contributed by atoms with E-state index < -0.39 is 30.0 Å². The molecule has 0 radical (unpaired) electrons. The maximum Gasteiger partial charge on any atom is 0.326 e. The van der Waals surface area contributed by atoms with Gasteiger partial charge in [-0.05, 0) is 57.3 Å². The summed E-state index contributed by atoms with van der Waals surface area (Å²) in [4.78, 5) is 51.4. The second-order valence-corrected chi connectivity index (χ2v) is 8.38. The van der Waals surface area contributed by atoms with Crippen LogP contribution in [0.2, 0.25) is 0 Å². The van der Waals surface area contributed by atoms with Crippen LogP contribution < -0.4 is 5.32 Å². The smallest absolute Gasteiger partial charge is 0.326 e. The van der Waals surface area contributed by atoms with Gasteiger partial charge in [-0.15, -0.1) is 0 Å². The monoisotopic (exact) mass is 379 g/mol. The summed E-state index contributed by atoms with van der Waals surface area (Å²) in [7, 11) is 1.73. The third kappa shape index (κ3) is 4.09. The first-order chi connectivity index (χ1) is 12.7. The summed E-state index contributed by atoms with van der Waals surface area (Å²) in [5, 5.41) is 2.68. The van der Waals surface area contributed by atoms with Gasteiger partial charge in [-0.1, -0.05) is 6.92 Å². The van der Waals surface area contributed by atoms with Crippen LogP contribution in [0.1, 0.15) is 52.4 Å². The number of amides is 4. The average Bonchev–Trinajstić information content (AvgIpc) is 3.46. The number of imide groups is 1. The highest BCUT2D eigenvalue weighted by molar-refractivity contribution is 6.08. The number of ether oxygens (including phenoxy) is 1. The van der Waals surface area contributed by atoms with Gasteiger partial charge in [0, 0.05) is 13.1 Å². The van der Waals surface area contributed by atoms with Crippen LogP contribution in [-0.2, 0) is 19.1 Å². The molecule has 1 saturated heterocycles. The van der Waals surface area contributed by atoms with Crippen LogP contribution in [0.3, 0.4) is 0 Å². The van der Waals surface area contributed by atoms with Crippen LogP contribution in [0.5, 0.6) is 0 Å². The Balaban J connectivity index is 1.46. The fourth-order valence-electron chi connectivity index (χ4n) is 4.05. The van der Waals surface area contributed by atoms with Crippen LogP contribution in [-0.4, -0.2) is 65.4 Å². The quantitative estimate of drug-likeness (QED) is 0.554. The first-order valence-electron chi connectivity index (χ1n) is 9.77. The molecule has 27 heavy (non-hydrogen) atoms. The van der Waals surface area contributed by atoms with Gasteiger partial charge in [0.15, 0.2) is 6.61 Å². The minimum Gasteiger partial charge on any atom is -0.454 e. The highest BCUT2D eigenvalue weighted by Crippen LogP contribution is 2.42. The zero-order chi connectivity index (χ0) is 19.8. The van der Waals surface area contributed by atoms with Gasteiger partial charge < -0.3 is 15.0 Å². The largest absolute Gasteiger partial charge is 0.454 e. The molecule has 1 N–H and O–H groups in total. The number of likely N-dealkylation sites (N-methyl/N-ethyl adjacent to an activating group) is 1. The Hall–Kier alpha value is -2.12. The summed E-state index contributed by atoms with van der Waals surface area (Å²) in [5.41, 5.74) is -0.925. The molecule has 1 aliphatic heterocycles. The third-order valence-electron chi connectivity index (χ3n) is 6.27. The van der Waals surface area contributed by atoms with Gasteiger partial charge in [-0.3, -0.25) is 19.3 Å². The van der Waals surface area contributed by atoms with E-state index in [9.17, 15) is 19.2 Å². The highest BCUT2D eigenvalue weighted by Gasteiger charge is 2.56. The fourth-order valence-corrected chi connectivity index (χ4v) is 4.05. The molecule has 4 amide bonds. The Morgan fingerprint density at radius 1 is 1.19 bits per heavy atom. The number of urea groups is 1. The van der Waals surface area contributed by atoms with Gasteiger partial charge in [0.25, 0.3) is 11.8 Å². The Morgan fingerprint density at radius 2 is 1.81 bits per heavy atom. The van der Waals surface area contributed by atoms with E-state index >= 15 is 0 Å². The molecule has 3 fully saturated rings. The van der Waals surface area contributed by atoms with Crippen LogP contribution in [0.4, 0.5) is 4.79 Å². The Morgan fingerprint density at radius 3 is 2.41 bits per heavy atom. The van der Waals surface area contributed by atoms with Crippen LogP contribution in [0.15, 0.2) is 0 Å². The van der Waals surface area contributed by atoms with Gasteiger partial charge in [0.1, 0.15) is 12.1 Å². The van der Waals surface area contributed by atoms with Crippen LogP contribution in [0.25, 0.3) is 0 Å². The fraction of sp³-hybridized carbons (Fsp3) is 0.789. The van der Waals surface area contributed by atoms with E-state index in [1.807, 2.05) is 0 Å². The lowest BCUT2D eigenvalue weighted by Gasteiger charge is -2.33. The summed E-state index contributed by atoms with van der Waals surface area (Å²) in [6.45, 7) is 3.07. The van der Waals surface area contributed by atoms with Crippen LogP contribution in [0, 0.1) is 11.8 Å². The van der Waals surface area contributed by atoms with Gasteiger partial charge in [0.2, 0.25) is 0 Å². The van der Waals surface area contributed by atoms with E-state index in [0.717, 1.165) is 43.4 Å². The lowest BCUT2D eigenvalue weighted by Crippen LogP contribution is -2.46. The molecule has 0 bridgehead atoms. The Bertz CT molecular complexity index is 639. The zero-order valence-corrected chi connectivity index (χ0v) is 16.3. The molecular weight excluding hydrogens is 350 g/mol. The topological polar surface area (TPSA) is 96.0 Å². The minimum atomic E-state index is -0.925. The Kier molecular flexibility index (Phi) is 5.44. The lowest BCUT2D eigenvalue weighted by atomic mass is 9.87. The van der Waals surface area contributed by atoms with Crippen molar-refractivity contribution in [2.24, 2.45) is 11.8 Å². The number of nitrogens with zero attached hydrogens (tertiary/aromatic N) is 2. The SMILES string of the molecule is CC1CCC(N(C)C(=O)COC(=O)CN2C(=O)NC(C)(C3CC3)C2=O)CC1. The van der Waals surface area contributed by atoms with Gasteiger partial charge in [0.05, 0.1) is 0 Å². The molecule has 0 aromatic carbocycles. The molecule has 8 nitrogen and oxygen atoms in total. The molecular formula is C19H29N3O5. The maximum absolute atomic E-state index is 12.5. The summed E-state index contributed by atoms with van der Waals surface area (Å²) < 4.78 is 5.04. The predicted octanol–water partition coefficient (Wildman–Crippen LogP) is 1.29. The number of rotatable bonds is 6. The number of hydrogen-bond acceptors (Lipinski definition) is 5. The van der Waals surface area contributed by atoms with E-state index in [2.05, 4.69) is 12.2 Å². The van der Waals surface area contributed by atoms with E-state index in [0.29, 0.717) is 5.92 Å². The van der Waals surface area contributed by atoms with Gasteiger partial charge in [-0.25, -0.2) is 4.79 Å². The zero-order valence-electron chi connectivity index (χ0n) is 16.3. The van der Waals surface area contributed by atoms with Crippen molar-refractivity contribution < 1.29 is 23.9 Å². The van der Waals surface area contributed by atoms with Crippen molar-refractivity contribution >= 4 is 23.8 Å². The van der Waals surface area contributed by atoms with Crippen molar-refractivity contribution in [3.05, 3.63) is 0 Å². The summed E-state index contributed by atoms with van der Waals surface area (Å²) in [6, 6.07) is -0.399. The van der Waals surface area contributed by atoms with E-state index in [1.165, 1.54) is 0 Å². The number of carbonyl (C=O) groups is 4. The minimum absolute atomic E-state index is 0.128. The highest BCUT2D eigenvalue weighted by atomic mass is 16.5. The van der Waals surface area contributed by atoms with Crippen molar-refractivity contribution in [3.63, 3.8) is 0 Å². The molecule has 2 saturated carbocycles. The molecule has 150 valence electrons. The molecule has 3 rings (SSSR count). The molecule has 0 aromatic heterocycles. The number of nitrogens with one attached hydrogen (secondary N) is 1. The van der Waals surface area contributed by atoms with E-state index in [-0.39, 0.29) is 24.5 Å². The molecule has 1 heterocycles. The first-order valence-corrected chi connectivity index (χ1v) is 9.77. The van der Waals surface area contributed by atoms with Crippen molar-refractivity contribution in [2.45, 2.75) is 64.0 Å². The molecule has 0 aromatic rings. The van der Waals surface area contributed by atoms with Crippen molar-refractivity contribution in [1.82, 2.24) is 15.1 Å². The molecule has 2 aliphatic carbocycles. The van der Waals surface area contributed by atoms with Crippen molar-refractivity contribution in [3.8, 4) is 0 Å². The van der Waals surface area contributed by atoms with Gasteiger partial charge >= 0.3 is 12.0 Å². The second-order valence-electron chi connectivity index (χ2n) is 8.38. The number of carbonyl (C=O) groups excluding carboxylic acids is 4. The van der Waals surface area contributed by atoms with Crippen molar-refractivity contribution in [1.29, 1.82) is 0 Å². The van der Waals surface area contributed by atoms with Crippen molar-refractivity contribution in [2.75, 3.05) is 20.2 Å². The molecule has 1 unspecified atom stereocenters. The molecule has 8 heteroatoms. The Labute approximate surface area is 159 Å². The van der Waals surface area contributed by atoms with E-state index in [4.69, 9.17) is 4.74 Å². The lowest BCUT2D eigenvalue weighted by molar-refractivity contribution is -0.154. The number of esters is 1. The average molecular weight is 379 g/mol. The summed E-state index contributed by atoms with van der Waals surface area (Å²) in [5.74, 6) is -0.594. The third-order valence-corrected chi connectivity index (χ3v) is 6.27. The summed E-state index contributed by atoms with van der Waals surface area (Å²) >= 11 is 0.